The van der Waals surface area contributed by atoms with Crippen molar-refractivity contribution in [1.29, 1.82) is 0 Å². The fourth-order valence-corrected chi connectivity index (χ4v) is 4.16. The SMILES string of the molecule is COc1ccc(N2C(=O)[C@@H](CC(=O)Nc3ccccc3)N(Cc3cccs3)C2=O)cc1. The summed E-state index contributed by atoms with van der Waals surface area (Å²) in [4.78, 5) is 42.7. The summed E-state index contributed by atoms with van der Waals surface area (Å²) in [6, 6.07) is 18.2. The van der Waals surface area contributed by atoms with Gasteiger partial charge in [0.15, 0.2) is 0 Å². The Labute approximate surface area is 183 Å². The molecule has 0 bridgehead atoms. The number of methoxy groups -OCH3 is 1. The van der Waals surface area contributed by atoms with Crippen LogP contribution in [0.25, 0.3) is 0 Å². The molecule has 0 saturated carbocycles. The third-order valence-electron chi connectivity index (χ3n) is 4.99. The fraction of sp³-hybridized carbons (Fsp3) is 0.174. The minimum atomic E-state index is -0.889. The number of nitrogens with one attached hydrogen (secondary N) is 1. The number of benzene rings is 2. The van der Waals surface area contributed by atoms with Gasteiger partial charge in [0, 0.05) is 10.6 Å². The van der Waals surface area contributed by atoms with Crippen LogP contribution in [-0.4, -0.2) is 35.9 Å². The van der Waals surface area contributed by atoms with E-state index >= 15 is 0 Å². The summed E-state index contributed by atoms with van der Waals surface area (Å²) in [5.41, 5.74) is 1.08. The number of carbonyl (C=O) groups is 3. The van der Waals surface area contributed by atoms with E-state index in [0.717, 1.165) is 9.78 Å². The first-order valence-electron chi connectivity index (χ1n) is 9.72. The molecule has 4 amide bonds. The zero-order chi connectivity index (χ0) is 21.8. The largest absolute Gasteiger partial charge is 0.497 e. The number of amides is 4. The fourth-order valence-electron chi connectivity index (χ4n) is 3.46. The normalized spacial score (nSPS) is 16.0. The van der Waals surface area contributed by atoms with E-state index in [9.17, 15) is 14.4 Å². The third kappa shape index (κ3) is 4.44. The van der Waals surface area contributed by atoms with E-state index in [-0.39, 0.29) is 18.9 Å². The zero-order valence-electron chi connectivity index (χ0n) is 16.9. The number of ether oxygens (including phenoxy) is 1. The van der Waals surface area contributed by atoms with Crippen molar-refractivity contribution in [3.63, 3.8) is 0 Å². The van der Waals surface area contributed by atoms with Crippen LogP contribution in [0.15, 0.2) is 72.1 Å². The molecule has 4 rings (SSSR count). The van der Waals surface area contributed by atoms with E-state index in [1.807, 2.05) is 35.7 Å². The van der Waals surface area contributed by atoms with Crippen LogP contribution in [0.3, 0.4) is 0 Å². The first-order valence-corrected chi connectivity index (χ1v) is 10.6. The van der Waals surface area contributed by atoms with Crippen LogP contribution in [0.4, 0.5) is 16.2 Å². The molecule has 7 nitrogen and oxygen atoms in total. The number of carbonyl (C=O) groups excluding carboxylic acids is 3. The highest BCUT2D eigenvalue weighted by Crippen LogP contribution is 2.30. The predicted octanol–water partition coefficient (Wildman–Crippen LogP) is 4.12. The van der Waals surface area contributed by atoms with Gasteiger partial charge in [-0.05, 0) is 47.8 Å². The van der Waals surface area contributed by atoms with Gasteiger partial charge in [0.25, 0.3) is 5.91 Å². The number of urea groups is 1. The van der Waals surface area contributed by atoms with E-state index in [1.54, 1.807) is 43.5 Å². The van der Waals surface area contributed by atoms with Gasteiger partial charge in [-0.3, -0.25) is 9.59 Å². The van der Waals surface area contributed by atoms with Crippen molar-refractivity contribution in [2.24, 2.45) is 0 Å². The highest BCUT2D eigenvalue weighted by atomic mass is 32.1. The first kappa shape index (κ1) is 20.6. The summed E-state index contributed by atoms with van der Waals surface area (Å²) < 4.78 is 5.16. The predicted molar refractivity (Wildman–Crippen MR) is 119 cm³/mol. The van der Waals surface area contributed by atoms with Crippen LogP contribution < -0.4 is 15.0 Å². The van der Waals surface area contributed by atoms with E-state index in [2.05, 4.69) is 5.32 Å². The smallest absolute Gasteiger partial charge is 0.332 e. The first-order chi connectivity index (χ1) is 15.1. The van der Waals surface area contributed by atoms with Crippen LogP contribution in [0.1, 0.15) is 11.3 Å². The number of rotatable bonds is 7. The molecule has 0 aliphatic carbocycles. The molecule has 1 saturated heterocycles. The number of anilines is 2. The van der Waals surface area contributed by atoms with Crippen molar-refractivity contribution in [2.75, 3.05) is 17.3 Å². The van der Waals surface area contributed by atoms with Gasteiger partial charge < -0.3 is 15.0 Å². The molecular formula is C23H21N3O4S. The molecule has 8 heteroatoms. The van der Waals surface area contributed by atoms with Crippen molar-refractivity contribution in [1.82, 2.24) is 4.90 Å². The number of nitrogens with zero attached hydrogens (tertiary/aromatic N) is 2. The van der Waals surface area contributed by atoms with Gasteiger partial charge >= 0.3 is 6.03 Å². The van der Waals surface area contributed by atoms with Gasteiger partial charge in [-0.25, -0.2) is 9.69 Å². The average molecular weight is 436 g/mol. The molecule has 2 aromatic carbocycles. The van der Waals surface area contributed by atoms with E-state index in [4.69, 9.17) is 4.74 Å². The topological polar surface area (TPSA) is 79.0 Å². The van der Waals surface area contributed by atoms with Crippen molar-refractivity contribution >= 4 is 40.6 Å². The van der Waals surface area contributed by atoms with Crippen molar-refractivity contribution in [3.05, 3.63) is 77.0 Å². The highest BCUT2D eigenvalue weighted by Gasteiger charge is 2.46. The molecule has 0 spiro atoms. The second-order valence-electron chi connectivity index (χ2n) is 7.00. The van der Waals surface area contributed by atoms with Crippen molar-refractivity contribution < 1.29 is 19.1 Å². The lowest BCUT2D eigenvalue weighted by Crippen LogP contribution is -2.37. The summed E-state index contributed by atoms with van der Waals surface area (Å²) in [5, 5.41) is 4.70. The molecule has 1 fully saturated rings. The maximum Gasteiger partial charge on any atom is 0.332 e. The minimum absolute atomic E-state index is 0.127. The van der Waals surface area contributed by atoms with Crippen LogP contribution in [0.5, 0.6) is 5.75 Å². The molecule has 0 radical (unpaired) electrons. The van der Waals surface area contributed by atoms with Crippen LogP contribution in [0.2, 0.25) is 0 Å². The maximum absolute atomic E-state index is 13.3. The molecule has 1 atom stereocenters. The summed E-state index contributed by atoms with van der Waals surface area (Å²) in [5.74, 6) is -0.128. The molecule has 1 aliphatic heterocycles. The number of imide groups is 1. The molecule has 1 aliphatic rings. The Bertz CT molecular complexity index is 1070. The van der Waals surface area contributed by atoms with Crippen LogP contribution >= 0.6 is 11.3 Å². The summed E-state index contributed by atoms with van der Waals surface area (Å²) in [6.07, 6.45) is -0.127. The quantitative estimate of drug-likeness (QED) is 0.566. The minimum Gasteiger partial charge on any atom is -0.497 e. The number of hydrogen-bond acceptors (Lipinski definition) is 5. The van der Waals surface area contributed by atoms with Gasteiger partial charge in [0.05, 0.1) is 25.8 Å². The molecular weight excluding hydrogens is 414 g/mol. The molecule has 158 valence electrons. The maximum atomic E-state index is 13.3. The van der Waals surface area contributed by atoms with Crippen molar-refractivity contribution in [3.8, 4) is 5.75 Å². The zero-order valence-corrected chi connectivity index (χ0v) is 17.7. The Balaban J connectivity index is 1.58. The number of para-hydroxylation sites is 1. The molecule has 1 aromatic heterocycles. The molecule has 0 unspecified atom stereocenters. The van der Waals surface area contributed by atoms with Crippen LogP contribution in [0, 0.1) is 0 Å². The van der Waals surface area contributed by atoms with E-state index < -0.39 is 18.0 Å². The Morgan fingerprint density at radius 1 is 1.03 bits per heavy atom. The molecule has 3 aromatic rings. The van der Waals surface area contributed by atoms with Gasteiger partial charge in [-0.1, -0.05) is 24.3 Å². The lowest BCUT2D eigenvalue weighted by atomic mass is 10.1. The second-order valence-corrected chi connectivity index (χ2v) is 8.03. The highest BCUT2D eigenvalue weighted by molar-refractivity contribution is 7.09. The Hall–Kier alpha value is -3.65. The van der Waals surface area contributed by atoms with Gasteiger partial charge in [-0.15, -0.1) is 11.3 Å². The number of thiophene rings is 1. The molecule has 2 heterocycles. The Morgan fingerprint density at radius 3 is 2.42 bits per heavy atom. The van der Waals surface area contributed by atoms with Gasteiger partial charge in [0.1, 0.15) is 11.8 Å². The standard InChI is InChI=1S/C23H21N3O4S/c1-30-18-11-9-17(10-12-18)26-22(28)20(14-21(27)24-16-6-3-2-4-7-16)25(23(26)29)15-19-8-5-13-31-19/h2-13,20H,14-15H2,1H3,(H,24,27)/t20-/m1/s1. The van der Waals surface area contributed by atoms with Crippen LogP contribution in [-0.2, 0) is 16.1 Å². The summed E-state index contributed by atoms with van der Waals surface area (Å²) in [7, 11) is 1.55. The molecule has 31 heavy (non-hydrogen) atoms. The van der Waals surface area contributed by atoms with Gasteiger partial charge in [-0.2, -0.15) is 0 Å². The third-order valence-corrected chi connectivity index (χ3v) is 5.85. The second kappa shape index (κ2) is 9.01. The van der Waals surface area contributed by atoms with Crippen molar-refractivity contribution in [2.45, 2.75) is 19.0 Å². The lowest BCUT2D eigenvalue weighted by molar-refractivity contribution is -0.124. The Morgan fingerprint density at radius 2 is 1.77 bits per heavy atom. The van der Waals surface area contributed by atoms with Gasteiger partial charge in [0.2, 0.25) is 5.91 Å². The average Bonchev–Trinajstić information content (AvgIpc) is 3.37. The van der Waals surface area contributed by atoms with E-state index in [1.165, 1.54) is 16.2 Å². The number of hydrogen-bond donors (Lipinski definition) is 1. The molecule has 1 N–H and O–H groups in total. The summed E-state index contributed by atoms with van der Waals surface area (Å²) in [6.45, 7) is 0.262. The van der Waals surface area contributed by atoms with E-state index in [0.29, 0.717) is 17.1 Å². The lowest BCUT2D eigenvalue weighted by Gasteiger charge is -2.21. The Kier molecular flexibility index (Phi) is 5.99. The summed E-state index contributed by atoms with van der Waals surface area (Å²) >= 11 is 1.50. The monoisotopic (exact) mass is 435 g/mol.